The molecule has 0 radical (unpaired) electrons. The van der Waals surface area contributed by atoms with Crippen LogP contribution in [0.1, 0.15) is 33.4 Å². The highest BCUT2D eigenvalue weighted by molar-refractivity contribution is 7.09. The number of thiophene rings is 1. The summed E-state index contributed by atoms with van der Waals surface area (Å²) in [5.74, 6) is 0.916. The molecule has 2 aromatic carbocycles. The smallest absolute Gasteiger partial charge is 0.173 e. The van der Waals surface area contributed by atoms with E-state index in [-0.39, 0.29) is 6.04 Å². The Kier molecular flexibility index (Phi) is 6.39. The van der Waals surface area contributed by atoms with Crippen LogP contribution in [0.3, 0.4) is 0 Å². The summed E-state index contributed by atoms with van der Waals surface area (Å²) >= 11 is 1.74. The fraction of sp³-hybridized carbons (Fsp3) is 0.320. The van der Waals surface area contributed by atoms with Crippen molar-refractivity contribution in [3.63, 3.8) is 0 Å². The molecule has 2 aromatic heterocycles. The van der Waals surface area contributed by atoms with Crippen molar-refractivity contribution in [1.29, 1.82) is 0 Å². The average Bonchev–Trinajstić information content (AvgIpc) is 3.50. The highest BCUT2D eigenvalue weighted by atomic mass is 32.1. The van der Waals surface area contributed by atoms with E-state index in [2.05, 4.69) is 104 Å². The van der Waals surface area contributed by atoms with Crippen molar-refractivity contribution in [3.8, 4) is 0 Å². The Morgan fingerprint density at radius 1 is 0.875 bits per heavy atom. The summed E-state index contributed by atoms with van der Waals surface area (Å²) in [7, 11) is 0. The van der Waals surface area contributed by atoms with Crippen molar-refractivity contribution < 1.29 is 0 Å². The molecular weight excluding hydrogens is 416 g/mol. The lowest BCUT2D eigenvalue weighted by molar-refractivity contribution is 0.100. The van der Waals surface area contributed by atoms with Crippen molar-refractivity contribution in [3.05, 3.63) is 99.5 Å². The summed E-state index contributed by atoms with van der Waals surface area (Å²) in [6, 6.07) is 23.8. The van der Waals surface area contributed by atoms with Gasteiger partial charge in [0.05, 0.1) is 12.6 Å². The van der Waals surface area contributed by atoms with Gasteiger partial charge in [-0.05, 0) is 39.9 Å². The van der Waals surface area contributed by atoms with Crippen LogP contribution < -0.4 is 0 Å². The second-order valence-corrected chi connectivity index (χ2v) is 9.42. The monoisotopic (exact) mass is 444 g/mol. The van der Waals surface area contributed by atoms with E-state index in [0.717, 1.165) is 38.5 Å². The Balaban J connectivity index is 1.37. The quantitative estimate of drug-likeness (QED) is 0.431. The van der Waals surface area contributed by atoms with Crippen LogP contribution >= 0.6 is 11.3 Å². The predicted molar refractivity (Wildman–Crippen MR) is 128 cm³/mol. The van der Waals surface area contributed by atoms with Gasteiger partial charge in [-0.3, -0.25) is 9.80 Å². The fourth-order valence-electron chi connectivity index (χ4n) is 4.36. The van der Waals surface area contributed by atoms with E-state index in [4.69, 9.17) is 0 Å². The van der Waals surface area contributed by atoms with E-state index in [1.165, 1.54) is 21.6 Å². The highest BCUT2D eigenvalue weighted by Crippen LogP contribution is 2.29. The van der Waals surface area contributed by atoms with Gasteiger partial charge in [0.15, 0.2) is 5.82 Å². The molecule has 7 heteroatoms. The topological polar surface area (TPSA) is 50.1 Å². The molecule has 1 atom stereocenters. The number of nitrogens with zero attached hydrogens (tertiary/aromatic N) is 6. The summed E-state index contributed by atoms with van der Waals surface area (Å²) in [6.45, 7) is 7.86. The zero-order valence-corrected chi connectivity index (χ0v) is 19.2. The number of aryl methyl sites for hydroxylation is 1. The van der Waals surface area contributed by atoms with Crippen LogP contribution in [-0.4, -0.2) is 56.2 Å². The van der Waals surface area contributed by atoms with Gasteiger partial charge in [-0.25, -0.2) is 4.68 Å². The van der Waals surface area contributed by atoms with E-state index in [1.807, 2.05) is 4.68 Å². The van der Waals surface area contributed by atoms with Crippen LogP contribution in [0, 0.1) is 6.92 Å². The number of hydrogen-bond acceptors (Lipinski definition) is 6. The normalized spacial score (nSPS) is 16.3. The Hall–Kier alpha value is -2.87. The average molecular weight is 445 g/mol. The maximum Gasteiger partial charge on any atom is 0.173 e. The molecule has 1 aliphatic rings. The van der Waals surface area contributed by atoms with E-state index >= 15 is 0 Å². The SMILES string of the molecule is Cc1ccc(C(c2nnnn2Cc2cccs2)N2CCN(Cc3ccccc3)CC2)cc1. The zero-order chi connectivity index (χ0) is 21.8. The predicted octanol–water partition coefficient (Wildman–Crippen LogP) is 4.00. The first-order valence-electron chi connectivity index (χ1n) is 11.1. The lowest BCUT2D eigenvalue weighted by Crippen LogP contribution is -2.48. The van der Waals surface area contributed by atoms with E-state index in [1.54, 1.807) is 11.3 Å². The van der Waals surface area contributed by atoms with Crippen molar-refractivity contribution in [1.82, 2.24) is 30.0 Å². The van der Waals surface area contributed by atoms with E-state index in [0.29, 0.717) is 6.54 Å². The van der Waals surface area contributed by atoms with Crippen molar-refractivity contribution >= 4 is 11.3 Å². The van der Waals surface area contributed by atoms with Gasteiger partial charge in [-0.15, -0.1) is 16.4 Å². The molecule has 1 fully saturated rings. The molecule has 164 valence electrons. The maximum atomic E-state index is 4.51. The number of benzene rings is 2. The maximum absolute atomic E-state index is 4.51. The number of piperazine rings is 1. The summed E-state index contributed by atoms with van der Waals surface area (Å²) in [5.41, 5.74) is 3.88. The van der Waals surface area contributed by atoms with Crippen LogP contribution in [0.15, 0.2) is 72.1 Å². The van der Waals surface area contributed by atoms with Crippen LogP contribution in [-0.2, 0) is 13.1 Å². The van der Waals surface area contributed by atoms with Gasteiger partial charge in [0.25, 0.3) is 0 Å². The van der Waals surface area contributed by atoms with Gasteiger partial charge in [0.1, 0.15) is 0 Å². The van der Waals surface area contributed by atoms with Gasteiger partial charge in [-0.1, -0.05) is 66.2 Å². The molecule has 32 heavy (non-hydrogen) atoms. The summed E-state index contributed by atoms with van der Waals surface area (Å²) in [5, 5.41) is 15.0. The molecule has 0 amide bonds. The third-order valence-electron chi connectivity index (χ3n) is 6.10. The van der Waals surface area contributed by atoms with E-state index in [9.17, 15) is 0 Å². The molecule has 1 saturated heterocycles. The first kappa shape index (κ1) is 21.0. The van der Waals surface area contributed by atoms with Crippen molar-refractivity contribution in [2.45, 2.75) is 26.1 Å². The first-order chi connectivity index (χ1) is 15.8. The number of tetrazole rings is 1. The summed E-state index contributed by atoms with van der Waals surface area (Å²) in [4.78, 5) is 6.32. The van der Waals surface area contributed by atoms with Gasteiger partial charge >= 0.3 is 0 Å². The number of hydrogen-bond donors (Lipinski definition) is 0. The lowest BCUT2D eigenvalue weighted by atomic mass is 10.0. The van der Waals surface area contributed by atoms with Crippen LogP contribution in [0.4, 0.5) is 0 Å². The van der Waals surface area contributed by atoms with Crippen molar-refractivity contribution in [2.75, 3.05) is 26.2 Å². The molecule has 5 rings (SSSR count). The Labute approximate surface area is 193 Å². The minimum atomic E-state index is 0.0458. The molecule has 6 nitrogen and oxygen atoms in total. The standard InChI is InChI=1S/C25H28N6S/c1-20-9-11-22(12-10-20)24(25-26-27-28-31(25)19-23-8-5-17-32-23)30-15-13-29(14-16-30)18-21-6-3-2-4-7-21/h2-12,17,24H,13-16,18-19H2,1H3. The molecule has 4 aromatic rings. The molecule has 0 saturated carbocycles. The summed E-state index contributed by atoms with van der Waals surface area (Å²) in [6.07, 6.45) is 0. The molecule has 0 aliphatic carbocycles. The molecule has 0 bridgehead atoms. The van der Waals surface area contributed by atoms with Gasteiger partial charge in [-0.2, -0.15) is 0 Å². The Morgan fingerprint density at radius 2 is 1.66 bits per heavy atom. The second-order valence-electron chi connectivity index (χ2n) is 8.39. The van der Waals surface area contributed by atoms with Gasteiger partial charge < -0.3 is 0 Å². The highest BCUT2D eigenvalue weighted by Gasteiger charge is 2.30. The Morgan fingerprint density at radius 3 is 2.38 bits per heavy atom. The largest absolute Gasteiger partial charge is 0.297 e. The molecule has 3 heterocycles. The van der Waals surface area contributed by atoms with Crippen LogP contribution in [0.2, 0.25) is 0 Å². The third-order valence-corrected chi connectivity index (χ3v) is 6.97. The molecular formula is C25H28N6S. The van der Waals surface area contributed by atoms with Gasteiger partial charge in [0, 0.05) is 37.6 Å². The third kappa shape index (κ3) is 4.80. The van der Waals surface area contributed by atoms with Gasteiger partial charge in [0.2, 0.25) is 0 Å². The number of rotatable bonds is 7. The van der Waals surface area contributed by atoms with E-state index < -0.39 is 0 Å². The Bertz CT molecular complexity index is 1100. The molecule has 1 unspecified atom stereocenters. The second kappa shape index (κ2) is 9.73. The number of aromatic nitrogens is 4. The molecule has 0 spiro atoms. The first-order valence-corrected chi connectivity index (χ1v) is 12.0. The zero-order valence-electron chi connectivity index (χ0n) is 18.3. The molecule has 0 N–H and O–H groups in total. The minimum Gasteiger partial charge on any atom is -0.297 e. The minimum absolute atomic E-state index is 0.0458. The van der Waals surface area contributed by atoms with Crippen LogP contribution in [0.5, 0.6) is 0 Å². The summed E-state index contributed by atoms with van der Waals surface area (Å²) < 4.78 is 1.96. The van der Waals surface area contributed by atoms with Crippen molar-refractivity contribution in [2.24, 2.45) is 0 Å². The fourth-order valence-corrected chi connectivity index (χ4v) is 5.05. The lowest BCUT2D eigenvalue weighted by Gasteiger charge is -2.39. The molecule has 1 aliphatic heterocycles. The van der Waals surface area contributed by atoms with Crippen LogP contribution in [0.25, 0.3) is 0 Å².